The summed E-state index contributed by atoms with van der Waals surface area (Å²) < 4.78 is 29.6. The number of hydrogen-bond donors (Lipinski definition) is 4. The van der Waals surface area contributed by atoms with E-state index in [0.717, 1.165) is 37.5 Å². The number of sulfone groups is 1. The second-order valence-electron chi connectivity index (χ2n) is 15.5. The average molecular weight is 692 g/mol. The highest BCUT2D eigenvalue weighted by molar-refractivity contribution is 7.92. The van der Waals surface area contributed by atoms with Gasteiger partial charge in [-0.15, -0.1) is 0 Å². The van der Waals surface area contributed by atoms with E-state index in [0.29, 0.717) is 51.1 Å². The molecule has 2 aliphatic heterocycles. The van der Waals surface area contributed by atoms with Gasteiger partial charge in [-0.05, 0) is 71.3 Å². The minimum absolute atomic E-state index is 0.0665. The van der Waals surface area contributed by atoms with Crippen molar-refractivity contribution in [2.24, 2.45) is 11.8 Å². The van der Waals surface area contributed by atoms with Crippen LogP contribution in [0, 0.1) is 11.8 Å². The highest BCUT2D eigenvalue weighted by atomic mass is 32.2. The van der Waals surface area contributed by atoms with E-state index in [1.807, 2.05) is 51.1 Å². The fraction of sp³-hybridized carbons (Fsp3) is 0.743. The number of nitrogens with zero attached hydrogens (tertiary/aromatic N) is 2. The first-order chi connectivity index (χ1) is 22.5. The molecule has 4 rings (SSSR count). The first-order valence-corrected chi connectivity index (χ1v) is 19.3. The van der Waals surface area contributed by atoms with Crippen molar-refractivity contribution in [3.8, 4) is 0 Å². The Hall–Kier alpha value is -2.74. The molecule has 4 amide bonds. The van der Waals surface area contributed by atoms with E-state index in [-0.39, 0.29) is 18.9 Å². The third-order valence-corrected chi connectivity index (χ3v) is 12.4. The Bertz CT molecular complexity index is 1360. The van der Waals surface area contributed by atoms with Gasteiger partial charge in [0.1, 0.15) is 6.04 Å². The van der Waals surface area contributed by atoms with Crippen LogP contribution in [-0.2, 0) is 30.6 Å². The summed E-state index contributed by atoms with van der Waals surface area (Å²) in [4.78, 5) is 44.6. The fourth-order valence-electron chi connectivity index (χ4n) is 7.16. The Kier molecular flexibility index (Phi) is 12.6. The summed E-state index contributed by atoms with van der Waals surface area (Å²) in [5.74, 6) is 0.113. The largest absolute Gasteiger partial charge is 0.390 e. The van der Waals surface area contributed by atoms with Crippen molar-refractivity contribution in [2.75, 3.05) is 45.6 Å². The van der Waals surface area contributed by atoms with Crippen LogP contribution < -0.4 is 16.0 Å². The highest BCUT2D eigenvalue weighted by Crippen LogP contribution is 2.39. The number of likely N-dealkylation sites (tertiary alicyclic amines) is 1. The van der Waals surface area contributed by atoms with E-state index < -0.39 is 56.3 Å². The smallest absolute Gasteiger partial charge is 0.318 e. The van der Waals surface area contributed by atoms with Crippen molar-refractivity contribution >= 4 is 27.7 Å². The number of ether oxygens (including phenoxy) is 1. The van der Waals surface area contributed by atoms with Crippen molar-refractivity contribution in [3.63, 3.8) is 0 Å². The number of piperidine rings is 1. The van der Waals surface area contributed by atoms with Gasteiger partial charge in [0.15, 0.2) is 9.84 Å². The lowest BCUT2D eigenvalue weighted by Gasteiger charge is -2.47. The molecule has 4 N–H and O–H groups in total. The second-order valence-corrected chi connectivity index (χ2v) is 18.1. The molecule has 1 aliphatic carbocycles. The van der Waals surface area contributed by atoms with Gasteiger partial charge in [0.05, 0.1) is 36.1 Å². The highest BCUT2D eigenvalue weighted by Gasteiger charge is 2.46. The van der Waals surface area contributed by atoms with Crippen LogP contribution >= 0.6 is 0 Å². The minimum atomic E-state index is -3.84. The predicted octanol–water partition coefficient (Wildman–Crippen LogP) is 2.10. The molecular formula is C35H57N5O7S. The topological polar surface area (TPSA) is 157 Å². The predicted molar refractivity (Wildman–Crippen MR) is 185 cm³/mol. The van der Waals surface area contributed by atoms with Gasteiger partial charge in [0.2, 0.25) is 11.8 Å². The maximum Gasteiger partial charge on any atom is 0.318 e. The van der Waals surface area contributed by atoms with E-state index in [1.165, 1.54) is 18.7 Å². The second kappa shape index (κ2) is 15.9. The van der Waals surface area contributed by atoms with Crippen LogP contribution in [0.3, 0.4) is 0 Å². The monoisotopic (exact) mass is 691 g/mol. The first-order valence-electron chi connectivity index (χ1n) is 17.4. The SMILES string of the molecule is CC(C)(C)NC(=O)[C@@H]1CC2CCCCC2CN1C[C@@H](O)[C@H](Cc1ccccc1)NC(=O)[C@@H](NC(=O)N1CCOCC1)C(C)(C)S(C)(=O)=O. The molecule has 3 aliphatic rings. The molecule has 2 heterocycles. The summed E-state index contributed by atoms with van der Waals surface area (Å²) in [7, 11) is -3.84. The van der Waals surface area contributed by atoms with Crippen molar-refractivity contribution < 1.29 is 32.6 Å². The summed E-state index contributed by atoms with van der Waals surface area (Å²) >= 11 is 0. The van der Waals surface area contributed by atoms with Gasteiger partial charge in [-0.2, -0.15) is 0 Å². The number of amides is 4. The number of fused-ring (bicyclic) bond motifs is 1. The Morgan fingerprint density at radius 2 is 1.60 bits per heavy atom. The van der Waals surface area contributed by atoms with Crippen molar-refractivity contribution in [3.05, 3.63) is 35.9 Å². The zero-order chi connectivity index (χ0) is 35.3. The number of morpholine rings is 1. The molecule has 0 aromatic heterocycles. The zero-order valence-electron chi connectivity index (χ0n) is 29.5. The molecule has 0 spiro atoms. The molecule has 270 valence electrons. The number of carbonyl (C=O) groups is 3. The molecule has 3 fully saturated rings. The minimum Gasteiger partial charge on any atom is -0.390 e. The normalized spacial score (nSPS) is 24.5. The third-order valence-electron chi connectivity index (χ3n) is 10.3. The van der Waals surface area contributed by atoms with Crippen LogP contribution in [0.5, 0.6) is 0 Å². The Labute approximate surface area is 286 Å². The van der Waals surface area contributed by atoms with Gasteiger partial charge < -0.3 is 30.7 Å². The number of benzene rings is 1. The average Bonchev–Trinajstić information content (AvgIpc) is 3.02. The van der Waals surface area contributed by atoms with E-state index >= 15 is 0 Å². The molecule has 0 radical (unpaired) electrons. The lowest BCUT2D eigenvalue weighted by molar-refractivity contribution is -0.133. The number of β-amino-alcohol motifs (C(OH)–C–C–N with tert-alkyl or cyclic N) is 1. The number of hydrogen-bond acceptors (Lipinski definition) is 8. The Morgan fingerprint density at radius 3 is 2.21 bits per heavy atom. The molecule has 13 heteroatoms. The molecule has 12 nitrogen and oxygen atoms in total. The maximum absolute atomic E-state index is 14.1. The molecule has 2 saturated heterocycles. The van der Waals surface area contributed by atoms with Crippen LogP contribution in [0.25, 0.3) is 0 Å². The van der Waals surface area contributed by atoms with Gasteiger partial charge in [-0.25, -0.2) is 13.2 Å². The molecular weight excluding hydrogens is 634 g/mol. The van der Waals surface area contributed by atoms with Crippen LogP contribution in [0.4, 0.5) is 4.79 Å². The summed E-state index contributed by atoms with van der Waals surface area (Å²) in [6.07, 6.45) is 5.41. The number of nitrogens with one attached hydrogen (secondary N) is 3. The van der Waals surface area contributed by atoms with Gasteiger partial charge in [0, 0.05) is 38.0 Å². The van der Waals surface area contributed by atoms with E-state index in [4.69, 9.17) is 4.74 Å². The van der Waals surface area contributed by atoms with Crippen molar-refractivity contribution in [2.45, 2.75) is 108 Å². The van der Waals surface area contributed by atoms with Gasteiger partial charge in [-0.3, -0.25) is 14.5 Å². The Balaban J connectivity index is 1.60. The number of aliphatic hydroxyl groups is 1. The van der Waals surface area contributed by atoms with Gasteiger partial charge in [0.25, 0.3) is 0 Å². The van der Waals surface area contributed by atoms with Gasteiger partial charge in [-0.1, -0.05) is 49.6 Å². The summed E-state index contributed by atoms with van der Waals surface area (Å²) in [5, 5.41) is 20.7. The number of carbonyl (C=O) groups excluding carboxylic acids is 3. The molecule has 2 unspecified atom stereocenters. The molecule has 1 aromatic carbocycles. The molecule has 0 bridgehead atoms. The fourth-order valence-corrected chi connectivity index (χ4v) is 7.76. The maximum atomic E-state index is 14.1. The summed E-state index contributed by atoms with van der Waals surface area (Å²) in [6, 6.07) is 6.17. The zero-order valence-corrected chi connectivity index (χ0v) is 30.4. The van der Waals surface area contributed by atoms with E-state index in [2.05, 4.69) is 20.9 Å². The van der Waals surface area contributed by atoms with Crippen molar-refractivity contribution in [1.29, 1.82) is 0 Å². The number of aliphatic hydroxyl groups excluding tert-OH is 1. The van der Waals surface area contributed by atoms with Crippen LogP contribution in [0.1, 0.15) is 72.3 Å². The van der Waals surface area contributed by atoms with Crippen LogP contribution in [-0.4, -0.2) is 121 Å². The van der Waals surface area contributed by atoms with Crippen LogP contribution in [0.15, 0.2) is 30.3 Å². The first kappa shape index (κ1) is 38.1. The molecule has 6 atom stereocenters. The Morgan fingerprint density at radius 1 is 0.979 bits per heavy atom. The lowest BCUT2D eigenvalue weighted by atomic mass is 9.72. The molecule has 48 heavy (non-hydrogen) atoms. The van der Waals surface area contributed by atoms with Crippen LogP contribution in [0.2, 0.25) is 0 Å². The summed E-state index contributed by atoms with van der Waals surface area (Å²) in [5.41, 5.74) is 0.452. The number of rotatable bonds is 11. The molecule has 1 saturated carbocycles. The third kappa shape index (κ3) is 9.92. The van der Waals surface area contributed by atoms with E-state index in [1.54, 1.807) is 0 Å². The quantitative estimate of drug-likeness (QED) is 0.275. The van der Waals surface area contributed by atoms with Crippen molar-refractivity contribution in [1.82, 2.24) is 25.8 Å². The van der Waals surface area contributed by atoms with Gasteiger partial charge >= 0.3 is 6.03 Å². The van der Waals surface area contributed by atoms with E-state index in [9.17, 15) is 27.9 Å². The molecule has 1 aromatic rings. The standard InChI is InChI=1S/C35H57N5O7S/c1-34(2,3)38-31(42)28-21-25-14-10-11-15-26(25)22-40(28)23-29(41)27(20-24-12-8-7-9-13-24)36-32(43)30(35(4,5)48(6,45)46)37-33(44)39-16-18-47-19-17-39/h7-9,12-13,25-30,41H,10-11,14-23H2,1-6H3,(H,36,43)(H,37,44)(H,38,42)/t25?,26?,27-,28-,29+,30+/m0/s1. The summed E-state index contributed by atoms with van der Waals surface area (Å²) in [6.45, 7) is 10.8. The lowest BCUT2D eigenvalue weighted by Crippen LogP contribution is -2.65. The number of urea groups is 1.